The zero-order chi connectivity index (χ0) is 21.2. The van der Waals surface area contributed by atoms with Crippen LogP contribution in [0.2, 0.25) is 0 Å². The summed E-state index contributed by atoms with van der Waals surface area (Å²) in [5, 5.41) is 11.0. The van der Waals surface area contributed by atoms with Crippen molar-refractivity contribution < 1.29 is 19.0 Å². The first-order chi connectivity index (χ1) is 14.6. The van der Waals surface area contributed by atoms with E-state index >= 15 is 0 Å². The molecule has 156 valence electrons. The number of hydrogen-bond donors (Lipinski definition) is 1. The Morgan fingerprint density at radius 1 is 0.867 bits per heavy atom. The highest BCUT2D eigenvalue weighted by Crippen LogP contribution is 2.21. The third kappa shape index (κ3) is 6.48. The molecule has 1 N–H and O–H groups in total. The number of ether oxygens (including phenoxy) is 3. The lowest BCUT2D eigenvalue weighted by molar-refractivity contribution is -0.123. The minimum atomic E-state index is -0.212. The van der Waals surface area contributed by atoms with E-state index < -0.39 is 0 Å². The molecular weight excluding hydrogens is 382 g/mol. The second-order valence-electron chi connectivity index (χ2n) is 6.51. The van der Waals surface area contributed by atoms with Crippen LogP contribution in [0.3, 0.4) is 0 Å². The van der Waals surface area contributed by atoms with E-state index in [0.717, 1.165) is 22.6 Å². The Morgan fingerprint density at radius 3 is 2.23 bits per heavy atom. The van der Waals surface area contributed by atoms with Gasteiger partial charge in [-0.15, -0.1) is 10.2 Å². The van der Waals surface area contributed by atoms with Crippen molar-refractivity contribution in [1.82, 2.24) is 15.5 Å². The van der Waals surface area contributed by atoms with Crippen LogP contribution in [-0.4, -0.2) is 42.5 Å². The monoisotopic (exact) mass is 407 g/mol. The summed E-state index contributed by atoms with van der Waals surface area (Å²) >= 11 is 0. The molecule has 1 aromatic heterocycles. The van der Waals surface area contributed by atoms with Crippen LogP contribution in [0.4, 0.5) is 0 Å². The molecule has 0 saturated heterocycles. The van der Waals surface area contributed by atoms with Crippen LogP contribution in [-0.2, 0) is 4.79 Å². The van der Waals surface area contributed by atoms with E-state index in [9.17, 15) is 4.79 Å². The van der Waals surface area contributed by atoms with Crippen LogP contribution in [0.5, 0.6) is 17.4 Å². The van der Waals surface area contributed by atoms with E-state index in [4.69, 9.17) is 14.2 Å². The van der Waals surface area contributed by atoms with E-state index in [0.29, 0.717) is 24.8 Å². The summed E-state index contributed by atoms with van der Waals surface area (Å²) in [6.07, 6.45) is 0. The molecule has 0 saturated carbocycles. The maximum Gasteiger partial charge on any atom is 0.258 e. The van der Waals surface area contributed by atoms with Crippen molar-refractivity contribution in [2.45, 2.75) is 13.8 Å². The number of carbonyl (C=O) groups excluding carboxylic acids is 1. The molecule has 0 aliphatic rings. The van der Waals surface area contributed by atoms with Crippen LogP contribution in [0.15, 0.2) is 60.7 Å². The van der Waals surface area contributed by atoms with Crippen LogP contribution in [0, 0.1) is 6.92 Å². The van der Waals surface area contributed by atoms with Gasteiger partial charge in [0.2, 0.25) is 5.88 Å². The number of nitrogens with zero attached hydrogens (tertiary/aromatic N) is 2. The molecule has 2 aromatic carbocycles. The fourth-order valence-electron chi connectivity index (χ4n) is 2.62. The zero-order valence-corrected chi connectivity index (χ0v) is 17.1. The van der Waals surface area contributed by atoms with Gasteiger partial charge in [0.15, 0.2) is 6.61 Å². The van der Waals surface area contributed by atoms with Crippen molar-refractivity contribution in [2.24, 2.45) is 0 Å². The van der Waals surface area contributed by atoms with E-state index in [1.54, 1.807) is 6.07 Å². The topological polar surface area (TPSA) is 82.6 Å². The third-order valence-electron chi connectivity index (χ3n) is 4.17. The van der Waals surface area contributed by atoms with Crippen molar-refractivity contribution >= 4 is 5.91 Å². The minimum Gasteiger partial charge on any atom is -0.494 e. The zero-order valence-electron chi connectivity index (χ0n) is 17.1. The highest BCUT2D eigenvalue weighted by molar-refractivity contribution is 5.77. The van der Waals surface area contributed by atoms with Gasteiger partial charge in [-0.3, -0.25) is 4.79 Å². The average molecular weight is 407 g/mol. The molecule has 3 aromatic rings. The molecule has 0 radical (unpaired) electrons. The average Bonchev–Trinajstić information content (AvgIpc) is 2.78. The van der Waals surface area contributed by atoms with Gasteiger partial charge in [-0.2, -0.15) is 0 Å². The summed E-state index contributed by atoms with van der Waals surface area (Å²) in [6, 6.07) is 18.8. The molecule has 1 amide bonds. The molecule has 0 atom stereocenters. The van der Waals surface area contributed by atoms with Gasteiger partial charge in [0.1, 0.15) is 18.1 Å². The maximum atomic E-state index is 11.8. The Labute approximate surface area is 176 Å². The van der Waals surface area contributed by atoms with Crippen molar-refractivity contribution in [2.75, 3.05) is 26.4 Å². The largest absolute Gasteiger partial charge is 0.494 e. The molecule has 0 unspecified atom stereocenters. The van der Waals surface area contributed by atoms with E-state index in [2.05, 4.69) is 15.5 Å². The van der Waals surface area contributed by atoms with Crippen LogP contribution in [0.25, 0.3) is 11.3 Å². The number of aryl methyl sites for hydroxylation is 1. The highest BCUT2D eigenvalue weighted by Gasteiger charge is 2.05. The van der Waals surface area contributed by atoms with E-state index in [-0.39, 0.29) is 19.1 Å². The SMILES string of the molecule is CCOc1ccc(-c2ccc(OCCNC(=O)COc3ccc(C)cc3)nn2)cc1. The van der Waals surface area contributed by atoms with Crippen molar-refractivity contribution in [1.29, 1.82) is 0 Å². The standard InChI is InChI=1S/C23H25N3O4/c1-3-28-19-10-6-18(7-11-19)21-12-13-23(26-25-21)29-15-14-24-22(27)16-30-20-8-4-17(2)5-9-20/h4-13H,3,14-16H2,1-2H3,(H,24,27). The van der Waals surface area contributed by atoms with E-state index in [1.165, 1.54) is 0 Å². The first-order valence-corrected chi connectivity index (χ1v) is 9.80. The van der Waals surface area contributed by atoms with Crippen LogP contribution >= 0.6 is 0 Å². The summed E-state index contributed by atoms with van der Waals surface area (Å²) in [4.78, 5) is 11.8. The van der Waals surface area contributed by atoms with Gasteiger partial charge in [0.05, 0.1) is 18.8 Å². The molecule has 7 nitrogen and oxygen atoms in total. The molecule has 0 fully saturated rings. The Kier molecular flexibility index (Phi) is 7.60. The summed E-state index contributed by atoms with van der Waals surface area (Å²) in [6.45, 7) is 5.16. The normalized spacial score (nSPS) is 10.3. The number of amides is 1. The van der Waals surface area contributed by atoms with Gasteiger partial charge >= 0.3 is 0 Å². The van der Waals surface area contributed by atoms with Gasteiger partial charge in [-0.05, 0) is 56.3 Å². The molecule has 0 spiro atoms. The smallest absolute Gasteiger partial charge is 0.258 e. The Hall–Kier alpha value is -3.61. The molecule has 3 rings (SSSR count). The number of hydrogen-bond acceptors (Lipinski definition) is 6. The number of aromatic nitrogens is 2. The molecule has 0 aliphatic carbocycles. The van der Waals surface area contributed by atoms with Crippen LogP contribution < -0.4 is 19.5 Å². The summed E-state index contributed by atoms with van der Waals surface area (Å²) in [5.74, 6) is 1.67. The Bertz CT molecular complexity index is 926. The van der Waals surface area contributed by atoms with Gasteiger partial charge in [0, 0.05) is 11.6 Å². The van der Waals surface area contributed by atoms with Crippen LogP contribution in [0.1, 0.15) is 12.5 Å². The quantitative estimate of drug-likeness (QED) is 0.519. The number of nitrogens with one attached hydrogen (secondary N) is 1. The maximum absolute atomic E-state index is 11.8. The first-order valence-electron chi connectivity index (χ1n) is 9.80. The third-order valence-corrected chi connectivity index (χ3v) is 4.17. The van der Waals surface area contributed by atoms with E-state index in [1.807, 2.05) is 68.4 Å². The van der Waals surface area contributed by atoms with Gasteiger partial charge in [0.25, 0.3) is 5.91 Å². The minimum absolute atomic E-state index is 0.0420. The molecule has 0 aliphatic heterocycles. The molecule has 7 heteroatoms. The molecule has 0 bridgehead atoms. The van der Waals surface area contributed by atoms with Crippen molar-refractivity contribution in [3.05, 3.63) is 66.2 Å². The predicted molar refractivity (Wildman–Crippen MR) is 114 cm³/mol. The first kappa shape index (κ1) is 21.1. The second kappa shape index (κ2) is 10.8. The highest BCUT2D eigenvalue weighted by atomic mass is 16.5. The number of rotatable bonds is 10. The fraction of sp³-hybridized carbons (Fsp3) is 0.261. The van der Waals surface area contributed by atoms with Gasteiger partial charge in [-0.1, -0.05) is 17.7 Å². The van der Waals surface area contributed by atoms with Gasteiger partial charge < -0.3 is 19.5 Å². The van der Waals surface area contributed by atoms with Gasteiger partial charge in [-0.25, -0.2) is 0 Å². The van der Waals surface area contributed by atoms with Crippen molar-refractivity contribution in [3.63, 3.8) is 0 Å². The summed E-state index contributed by atoms with van der Waals surface area (Å²) < 4.78 is 16.4. The molecule has 30 heavy (non-hydrogen) atoms. The van der Waals surface area contributed by atoms with Crippen molar-refractivity contribution in [3.8, 4) is 28.6 Å². The number of carbonyl (C=O) groups is 1. The fourth-order valence-corrected chi connectivity index (χ4v) is 2.62. The summed E-state index contributed by atoms with van der Waals surface area (Å²) in [7, 11) is 0. The number of benzene rings is 2. The Morgan fingerprint density at radius 2 is 1.57 bits per heavy atom. The summed E-state index contributed by atoms with van der Waals surface area (Å²) in [5.41, 5.74) is 2.82. The molecule has 1 heterocycles. The second-order valence-corrected chi connectivity index (χ2v) is 6.51. The predicted octanol–water partition coefficient (Wildman–Crippen LogP) is 3.42. The lowest BCUT2D eigenvalue weighted by Gasteiger charge is -2.09. The Balaban J connectivity index is 1.37. The lowest BCUT2D eigenvalue weighted by Crippen LogP contribution is -2.32. The lowest BCUT2D eigenvalue weighted by atomic mass is 10.1. The molecular formula is C23H25N3O4.